The minimum Gasteiger partial charge on any atom is -0.497 e. The van der Waals surface area contributed by atoms with E-state index >= 15 is 0 Å². The molecule has 0 bridgehead atoms. The first-order valence-corrected chi connectivity index (χ1v) is 7.47. The lowest BCUT2D eigenvalue weighted by Crippen LogP contribution is -2.24. The van der Waals surface area contributed by atoms with Crippen molar-refractivity contribution in [3.8, 4) is 5.75 Å². The van der Waals surface area contributed by atoms with Gasteiger partial charge in [0.05, 0.1) is 7.11 Å². The lowest BCUT2D eigenvalue weighted by Gasteiger charge is -2.21. The Morgan fingerprint density at radius 2 is 2.05 bits per heavy atom. The van der Waals surface area contributed by atoms with Crippen LogP contribution in [-0.2, 0) is 0 Å². The molecule has 1 N–H and O–H groups in total. The number of rotatable bonds is 4. The van der Waals surface area contributed by atoms with E-state index in [9.17, 15) is 0 Å². The highest BCUT2D eigenvalue weighted by atomic mass is 16.5. The Bertz CT molecular complexity index is 591. The van der Waals surface area contributed by atoms with Crippen LogP contribution in [0.25, 0.3) is 10.8 Å². The summed E-state index contributed by atoms with van der Waals surface area (Å²) >= 11 is 0. The molecule has 0 saturated heterocycles. The first-order chi connectivity index (χ1) is 9.78. The number of ether oxygens (including phenoxy) is 1. The van der Waals surface area contributed by atoms with Crippen LogP contribution < -0.4 is 10.1 Å². The van der Waals surface area contributed by atoms with E-state index in [1.165, 1.54) is 31.1 Å². The number of nitrogens with zero attached hydrogens (tertiary/aromatic N) is 1. The predicted octanol–water partition coefficient (Wildman–Crippen LogP) is 4.23. The van der Waals surface area contributed by atoms with E-state index in [1.54, 1.807) is 7.11 Å². The molecular weight excluding hydrogens is 248 g/mol. The van der Waals surface area contributed by atoms with Crippen molar-refractivity contribution >= 4 is 16.6 Å². The number of fused-ring (bicyclic) bond motifs is 1. The van der Waals surface area contributed by atoms with Gasteiger partial charge in [0.2, 0.25) is 0 Å². The molecule has 1 unspecified atom stereocenters. The summed E-state index contributed by atoms with van der Waals surface area (Å²) in [6.45, 7) is 2.28. The molecule has 3 nitrogen and oxygen atoms in total. The molecule has 1 saturated carbocycles. The molecule has 1 aliphatic carbocycles. The third-order valence-electron chi connectivity index (χ3n) is 4.44. The molecule has 3 heteroatoms. The number of nitrogens with one attached hydrogen (secondary N) is 1. The average molecular weight is 270 g/mol. The lowest BCUT2D eigenvalue weighted by molar-refractivity contribution is 0.415. The van der Waals surface area contributed by atoms with Crippen LogP contribution in [0.3, 0.4) is 0 Å². The molecule has 1 heterocycles. The highest BCUT2D eigenvalue weighted by Gasteiger charge is 2.22. The Hall–Kier alpha value is -1.77. The van der Waals surface area contributed by atoms with Gasteiger partial charge >= 0.3 is 0 Å². The van der Waals surface area contributed by atoms with Crippen molar-refractivity contribution in [2.24, 2.45) is 5.92 Å². The predicted molar refractivity (Wildman–Crippen MR) is 83.3 cm³/mol. The maximum absolute atomic E-state index is 5.28. The molecule has 0 spiro atoms. The summed E-state index contributed by atoms with van der Waals surface area (Å²) in [6, 6.07) is 8.66. The summed E-state index contributed by atoms with van der Waals surface area (Å²) in [4.78, 5) is 4.52. The average Bonchev–Trinajstić information content (AvgIpc) is 3.01. The molecule has 3 rings (SSSR count). The molecule has 2 aromatic rings. The van der Waals surface area contributed by atoms with Crippen molar-refractivity contribution in [3.05, 3.63) is 30.5 Å². The standard InChI is InChI=1S/C17H22N2O/c1-12(13-5-3-4-6-13)19-17-16-8-7-15(20-2)11-14(16)9-10-18-17/h7-13H,3-6H2,1-2H3,(H,18,19). The molecule has 1 fully saturated rings. The van der Waals surface area contributed by atoms with E-state index in [0.29, 0.717) is 6.04 Å². The fourth-order valence-corrected chi connectivity index (χ4v) is 3.19. The Kier molecular flexibility index (Phi) is 3.77. The largest absolute Gasteiger partial charge is 0.497 e. The van der Waals surface area contributed by atoms with E-state index in [1.807, 2.05) is 18.3 Å². The molecule has 1 aromatic heterocycles. The maximum Gasteiger partial charge on any atom is 0.134 e. The molecule has 1 atom stereocenters. The van der Waals surface area contributed by atoms with Crippen LogP contribution in [-0.4, -0.2) is 18.1 Å². The minimum absolute atomic E-state index is 0.484. The van der Waals surface area contributed by atoms with Crippen LogP contribution in [0, 0.1) is 5.92 Å². The monoisotopic (exact) mass is 270 g/mol. The Labute approximate surface area is 120 Å². The van der Waals surface area contributed by atoms with Crippen molar-refractivity contribution < 1.29 is 4.74 Å². The van der Waals surface area contributed by atoms with Crippen molar-refractivity contribution in [2.45, 2.75) is 38.6 Å². The van der Waals surface area contributed by atoms with Crippen LogP contribution in [0.2, 0.25) is 0 Å². The van der Waals surface area contributed by atoms with Crippen molar-refractivity contribution in [1.29, 1.82) is 0 Å². The number of benzene rings is 1. The lowest BCUT2D eigenvalue weighted by atomic mass is 9.99. The zero-order chi connectivity index (χ0) is 13.9. The van der Waals surface area contributed by atoms with Gasteiger partial charge in [-0.15, -0.1) is 0 Å². The van der Waals surface area contributed by atoms with Crippen molar-refractivity contribution in [2.75, 3.05) is 12.4 Å². The first kappa shape index (κ1) is 13.2. The highest BCUT2D eigenvalue weighted by molar-refractivity contribution is 5.92. The summed E-state index contributed by atoms with van der Waals surface area (Å²) in [7, 11) is 1.70. The number of hydrogen-bond acceptors (Lipinski definition) is 3. The molecule has 0 radical (unpaired) electrons. The van der Waals surface area contributed by atoms with Crippen LogP contribution in [0.1, 0.15) is 32.6 Å². The molecule has 1 aromatic carbocycles. The van der Waals surface area contributed by atoms with Gasteiger partial charge in [-0.25, -0.2) is 4.98 Å². The number of hydrogen-bond donors (Lipinski definition) is 1. The van der Waals surface area contributed by atoms with E-state index < -0.39 is 0 Å². The summed E-state index contributed by atoms with van der Waals surface area (Å²) in [5.41, 5.74) is 0. The second-order valence-electron chi connectivity index (χ2n) is 5.72. The van der Waals surface area contributed by atoms with Crippen molar-refractivity contribution in [3.63, 3.8) is 0 Å². The molecule has 1 aliphatic rings. The smallest absolute Gasteiger partial charge is 0.134 e. The van der Waals surface area contributed by atoms with Crippen LogP contribution in [0.4, 0.5) is 5.82 Å². The number of pyridine rings is 1. The Balaban J connectivity index is 1.87. The zero-order valence-electron chi connectivity index (χ0n) is 12.2. The van der Waals surface area contributed by atoms with Gasteiger partial charge in [-0.1, -0.05) is 12.8 Å². The highest BCUT2D eigenvalue weighted by Crippen LogP contribution is 2.31. The van der Waals surface area contributed by atoms with Gasteiger partial charge < -0.3 is 10.1 Å². The Morgan fingerprint density at radius 1 is 1.25 bits per heavy atom. The van der Waals surface area contributed by atoms with Gasteiger partial charge in [-0.05, 0) is 55.3 Å². The van der Waals surface area contributed by atoms with Gasteiger partial charge in [0.25, 0.3) is 0 Å². The summed E-state index contributed by atoms with van der Waals surface area (Å²) in [6.07, 6.45) is 7.29. The third kappa shape index (κ3) is 2.58. The molecule has 0 aliphatic heterocycles. The maximum atomic E-state index is 5.28. The normalized spacial score (nSPS) is 17.3. The molecular formula is C17H22N2O. The number of aromatic nitrogens is 1. The van der Waals surface area contributed by atoms with E-state index in [4.69, 9.17) is 4.74 Å². The fourth-order valence-electron chi connectivity index (χ4n) is 3.19. The van der Waals surface area contributed by atoms with Gasteiger partial charge in [0.1, 0.15) is 11.6 Å². The van der Waals surface area contributed by atoms with Crippen LogP contribution in [0.5, 0.6) is 5.75 Å². The van der Waals surface area contributed by atoms with Crippen LogP contribution >= 0.6 is 0 Å². The quantitative estimate of drug-likeness (QED) is 0.902. The Morgan fingerprint density at radius 3 is 2.80 bits per heavy atom. The summed E-state index contributed by atoms with van der Waals surface area (Å²) < 4.78 is 5.28. The molecule has 20 heavy (non-hydrogen) atoms. The topological polar surface area (TPSA) is 34.1 Å². The zero-order valence-corrected chi connectivity index (χ0v) is 12.2. The second kappa shape index (κ2) is 5.70. The van der Waals surface area contributed by atoms with Gasteiger partial charge in [0, 0.05) is 17.6 Å². The SMILES string of the molecule is COc1ccc2c(NC(C)C3CCCC3)nccc2c1. The third-order valence-corrected chi connectivity index (χ3v) is 4.44. The van der Waals surface area contributed by atoms with E-state index in [-0.39, 0.29) is 0 Å². The van der Waals surface area contributed by atoms with Crippen LogP contribution in [0.15, 0.2) is 30.5 Å². The summed E-state index contributed by atoms with van der Waals surface area (Å²) in [5.74, 6) is 2.66. The molecule has 0 amide bonds. The summed E-state index contributed by atoms with van der Waals surface area (Å²) in [5, 5.41) is 5.94. The van der Waals surface area contributed by atoms with E-state index in [2.05, 4.69) is 29.4 Å². The first-order valence-electron chi connectivity index (χ1n) is 7.47. The van der Waals surface area contributed by atoms with Gasteiger partial charge in [0.15, 0.2) is 0 Å². The molecule has 106 valence electrons. The van der Waals surface area contributed by atoms with Gasteiger partial charge in [-0.3, -0.25) is 0 Å². The number of methoxy groups -OCH3 is 1. The van der Waals surface area contributed by atoms with E-state index in [0.717, 1.165) is 22.9 Å². The fraction of sp³-hybridized carbons (Fsp3) is 0.471. The van der Waals surface area contributed by atoms with Crippen molar-refractivity contribution in [1.82, 2.24) is 4.98 Å². The van der Waals surface area contributed by atoms with Gasteiger partial charge in [-0.2, -0.15) is 0 Å². The second-order valence-corrected chi connectivity index (χ2v) is 5.72. The minimum atomic E-state index is 0.484. The number of anilines is 1.